The van der Waals surface area contributed by atoms with Crippen LogP contribution in [-0.4, -0.2) is 47.4 Å². The van der Waals surface area contributed by atoms with Gasteiger partial charge in [0.15, 0.2) is 0 Å². The highest BCUT2D eigenvalue weighted by Crippen LogP contribution is 2.35. The van der Waals surface area contributed by atoms with Gasteiger partial charge in [-0.2, -0.15) is 0 Å². The van der Waals surface area contributed by atoms with Crippen LogP contribution < -0.4 is 16.4 Å². The number of nitrogens with one attached hydrogen (secondary N) is 2. The third-order valence-corrected chi connectivity index (χ3v) is 4.44. The summed E-state index contributed by atoms with van der Waals surface area (Å²) < 4.78 is 0. The quantitative estimate of drug-likeness (QED) is 0.633. The third-order valence-electron chi connectivity index (χ3n) is 4.44. The van der Waals surface area contributed by atoms with Gasteiger partial charge in [0.05, 0.1) is 0 Å². The lowest BCUT2D eigenvalue weighted by Gasteiger charge is -2.24. The summed E-state index contributed by atoms with van der Waals surface area (Å²) in [5.41, 5.74) is 4.73. The van der Waals surface area contributed by atoms with E-state index >= 15 is 0 Å². The summed E-state index contributed by atoms with van der Waals surface area (Å²) >= 11 is 0. The number of nitrogens with zero attached hydrogens (tertiary/aromatic N) is 1. The maximum atomic E-state index is 12.5. The Hall–Kier alpha value is -1.34. The van der Waals surface area contributed by atoms with E-state index < -0.39 is 17.6 Å². The van der Waals surface area contributed by atoms with Crippen LogP contribution in [0.1, 0.15) is 39.5 Å². The number of carbonyl (C=O) groups excluding carboxylic acids is 3. The van der Waals surface area contributed by atoms with Crippen LogP contribution in [0.5, 0.6) is 0 Å². The van der Waals surface area contributed by atoms with E-state index in [9.17, 15) is 14.4 Å². The maximum absolute atomic E-state index is 12.5. The molecule has 0 aromatic rings. The summed E-state index contributed by atoms with van der Waals surface area (Å²) in [7, 11) is 0. The summed E-state index contributed by atoms with van der Waals surface area (Å²) in [5, 5.41) is 5.52. The molecule has 7 nitrogen and oxygen atoms in total. The SMILES string of the molecule is CC(CN)CNC(=O)C(C)N1C(=O)NC2(CCCC2)C1=O.Cl. The Balaban J connectivity index is 0.00000242. The molecular weight excluding hydrogens is 308 g/mol. The van der Waals surface area contributed by atoms with E-state index in [1.54, 1.807) is 6.92 Å². The Kier molecular flexibility index (Phi) is 6.19. The molecule has 1 spiro atoms. The number of amides is 4. The van der Waals surface area contributed by atoms with E-state index in [0.29, 0.717) is 25.9 Å². The van der Waals surface area contributed by atoms with Crippen LogP contribution in [0.3, 0.4) is 0 Å². The Bertz CT molecular complexity index is 451. The standard InChI is InChI=1S/C14H24N4O3.ClH/c1-9(7-15)8-16-11(19)10(2)18-12(20)14(17-13(18)21)5-3-4-6-14;/h9-10H,3-8,15H2,1-2H3,(H,16,19)(H,17,21);1H. The largest absolute Gasteiger partial charge is 0.354 e. The van der Waals surface area contributed by atoms with Gasteiger partial charge in [-0.3, -0.25) is 9.59 Å². The van der Waals surface area contributed by atoms with E-state index in [1.165, 1.54) is 0 Å². The van der Waals surface area contributed by atoms with Crippen molar-refractivity contribution >= 4 is 30.3 Å². The lowest BCUT2D eigenvalue weighted by atomic mass is 9.97. The van der Waals surface area contributed by atoms with Gasteiger partial charge in [0.2, 0.25) is 5.91 Å². The van der Waals surface area contributed by atoms with Crippen molar-refractivity contribution in [2.75, 3.05) is 13.1 Å². The van der Waals surface area contributed by atoms with E-state index in [4.69, 9.17) is 5.73 Å². The first-order valence-electron chi connectivity index (χ1n) is 7.55. The van der Waals surface area contributed by atoms with Crippen molar-refractivity contribution < 1.29 is 14.4 Å². The molecule has 0 aromatic heterocycles. The number of halogens is 1. The maximum Gasteiger partial charge on any atom is 0.325 e. The number of nitrogens with two attached hydrogens (primary N) is 1. The Morgan fingerprint density at radius 2 is 1.95 bits per heavy atom. The van der Waals surface area contributed by atoms with Gasteiger partial charge in [0.1, 0.15) is 11.6 Å². The van der Waals surface area contributed by atoms with Crippen molar-refractivity contribution in [3.63, 3.8) is 0 Å². The first-order valence-corrected chi connectivity index (χ1v) is 7.55. The Labute approximate surface area is 136 Å². The molecule has 126 valence electrons. The lowest BCUT2D eigenvalue weighted by Crippen LogP contribution is -2.50. The molecule has 1 aliphatic heterocycles. The minimum Gasteiger partial charge on any atom is -0.354 e. The number of rotatable bonds is 5. The highest BCUT2D eigenvalue weighted by atomic mass is 35.5. The fourth-order valence-corrected chi connectivity index (χ4v) is 2.93. The van der Waals surface area contributed by atoms with Crippen molar-refractivity contribution in [3.8, 4) is 0 Å². The molecule has 0 bridgehead atoms. The van der Waals surface area contributed by atoms with Crippen LogP contribution in [0.25, 0.3) is 0 Å². The second-order valence-corrected chi connectivity index (χ2v) is 6.16. The molecule has 4 N–H and O–H groups in total. The monoisotopic (exact) mass is 332 g/mol. The molecule has 1 saturated heterocycles. The summed E-state index contributed by atoms with van der Waals surface area (Å²) in [6, 6.07) is -1.26. The van der Waals surface area contributed by atoms with E-state index in [1.807, 2.05) is 6.92 Å². The van der Waals surface area contributed by atoms with Crippen molar-refractivity contribution in [2.45, 2.75) is 51.1 Å². The number of imide groups is 1. The number of carbonyl (C=O) groups is 3. The lowest BCUT2D eigenvalue weighted by molar-refractivity contribution is -0.137. The van der Waals surface area contributed by atoms with Crippen molar-refractivity contribution in [3.05, 3.63) is 0 Å². The number of urea groups is 1. The van der Waals surface area contributed by atoms with E-state index in [-0.39, 0.29) is 30.1 Å². The van der Waals surface area contributed by atoms with Gasteiger partial charge in [0, 0.05) is 6.54 Å². The van der Waals surface area contributed by atoms with Gasteiger partial charge < -0.3 is 16.4 Å². The zero-order valence-electron chi connectivity index (χ0n) is 13.1. The fraction of sp³-hybridized carbons (Fsp3) is 0.786. The molecular formula is C14H25ClN4O3. The van der Waals surface area contributed by atoms with Crippen LogP contribution in [0.15, 0.2) is 0 Å². The van der Waals surface area contributed by atoms with Crippen LogP contribution in [-0.2, 0) is 9.59 Å². The van der Waals surface area contributed by atoms with Crippen LogP contribution in [0.2, 0.25) is 0 Å². The number of hydrogen-bond acceptors (Lipinski definition) is 4. The first kappa shape index (κ1) is 18.7. The zero-order chi connectivity index (χ0) is 15.6. The molecule has 1 aliphatic carbocycles. The molecule has 2 rings (SSSR count). The summed E-state index contributed by atoms with van der Waals surface area (Å²) in [6.07, 6.45) is 3.17. The summed E-state index contributed by atoms with van der Waals surface area (Å²) in [6.45, 7) is 4.41. The van der Waals surface area contributed by atoms with Crippen molar-refractivity contribution in [2.24, 2.45) is 11.7 Å². The average Bonchev–Trinajstić information content (AvgIpc) is 3.02. The molecule has 0 aromatic carbocycles. The average molecular weight is 333 g/mol. The fourth-order valence-electron chi connectivity index (χ4n) is 2.93. The van der Waals surface area contributed by atoms with Gasteiger partial charge in [-0.1, -0.05) is 19.8 Å². The van der Waals surface area contributed by atoms with Gasteiger partial charge in [-0.15, -0.1) is 12.4 Å². The van der Waals surface area contributed by atoms with Crippen LogP contribution >= 0.6 is 12.4 Å². The summed E-state index contributed by atoms with van der Waals surface area (Å²) in [5.74, 6) is -0.432. The molecule has 2 unspecified atom stereocenters. The van der Waals surface area contributed by atoms with Crippen LogP contribution in [0.4, 0.5) is 4.79 Å². The molecule has 2 aliphatic rings. The molecule has 0 radical (unpaired) electrons. The molecule has 1 saturated carbocycles. The minimum atomic E-state index is -0.803. The highest BCUT2D eigenvalue weighted by Gasteiger charge is 2.54. The second kappa shape index (κ2) is 7.28. The molecule has 1 heterocycles. The summed E-state index contributed by atoms with van der Waals surface area (Å²) in [4.78, 5) is 37.8. The molecule has 2 atom stereocenters. The number of hydrogen-bond donors (Lipinski definition) is 3. The second-order valence-electron chi connectivity index (χ2n) is 6.16. The predicted octanol–water partition coefficient (Wildman–Crippen LogP) is 0.372. The van der Waals surface area contributed by atoms with Crippen molar-refractivity contribution in [1.82, 2.24) is 15.5 Å². The predicted molar refractivity (Wildman–Crippen MR) is 84.5 cm³/mol. The minimum absolute atomic E-state index is 0. The Morgan fingerprint density at radius 1 is 1.36 bits per heavy atom. The van der Waals surface area contributed by atoms with Gasteiger partial charge in [-0.05, 0) is 32.2 Å². The first-order chi connectivity index (χ1) is 9.91. The van der Waals surface area contributed by atoms with Gasteiger partial charge in [0.25, 0.3) is 5.91 Å². The van der Waals surface area contributed by atoms with Gasteiger partial charge in [-0.25, -0.2) is 9.69 Å². The van der Waals surface area contributed by atoms with Crippen LogP contribution in [0, 0.1) is 5.92 Å². The molecule has 2 fully saturated rings. The topological polar surface area (TPSA) is 105 Å². The molecule has 4 amide bonds. The van der Waals surface area contributed by atoms with E-state index in [2.05, 4.69) is 10.6 Å². The molecule has 22 heavy (non-hydrogen) atoms. The zero-order valence-corrected chi connectivity index (χ0v) is 13.9. The Morgan fingerprint density at radius 3 is 2.50 bits per heavy atom. The highest BCUT2D eigenvalue weighted by molar-refractivity contribution is 6.09. The third kappa shape index (κ3) is 3.35. The van der Waals surface area contributed by atoms with Crippen molar-refractivity contribution in [1.29, 1.82) is 0 Å². The van der Waals surface area contributed by atoms with E-state index in [0.717, 1.165) is 17.7 Å². The smallest absolute Gasteiger partial charge is 0.325 e. The normalized spacial score (nSPS) is 22.2. The molecule has 8 heteroatoms. The van der Waals surface area contributed by atoms with Gasteiger partial charge >= 0.3 is 6.03 Å².